The lowest BCUT2D eigenvalue weighted by molar-refractivity contribution is 0.0166. The molecule has 7 nitrogen and oxygen atoms in total. The second-order valence-electron chi connectivity index (χ2n) is 8.62. The van der Waals surface area contributed by atoms with E-state index in [0.717, 1.165) is 18.5 Å². The number of alkyl carbamates (subject to hydrolysis) is 1. The molecule has 2 aliphatic carbocycles. The maximum Gasteiger partial charge on any atom is 0.407 e. The fourth-order valence-electron chi connectivity index (χ4n) is 3.16. The lowest BCUT2D eigenvalue weighted by atomic mass is 9.63. The van der Waals surface area contributed by atoms with Crippen molar-refractivity contribution in [2.24, 2.45) is 5.41 Å². The second kappa shape index (κ2) is 6.04. The topological polar surface area (TPSA) is 93.5 Å². The number of rotatable bonds is 4. The molecule has 7 heteroatoms. The SMILES string of the molecule is CC(C)(C)OC(=O)NC1CC(NC(=O)c2ocnc2C2CC2)C1(C)C. The highest BCUT2D eigenvalue weighted by Gasteiger charge is 2.50. The second-order valence-corrected chi connectivity index (χ2v) is 8.62. The lowest BCUT2D eigenvalue weighted by Gasteiger charge is -2.52. The van der Waals surface area contributed by atoms with E-state index in [0.29, 0.717) is 18.1 Å². The molecule has 0 aromatic carbocycles. The maximum atomic E-state index is 12.5. The molecule has 1 heterocycles. The highest BCUT2D eigenvalue weighted by atomic mass is 16.6. The van der Waals surface area contributed by atoms with Gasteiger partial charge in [0.2, 0.25) is 5.76 Å². The molecule has 138 valence electrons. The van der Waals surface area contributed by atoms with Crippen LogP contribution in [0.4, 0.5) is 4.79 Å². The molecule has 0 bridgehead atoms. The minimum atomic E-state index is -0.531. The van der Waals surface area contributed by atoms with Crippen LogP contribution in [-0.2, 0) is 4.74 Å². The molecule has 3 rings (SSSR count). The molecule has 0 radical (unpaired) electrons. The third kappa shape index (κ3) is 3.80. The van der Waals surface area contributed by atoms with Gasteiger partial charge in [-0.2, -0.15) is 0 Å². The average molecular weight is 349 g/mol. The largest absolute Gasteiger partial charge is 0.444 e. The number of oxazole rings is 1. The summed E-state index contributed by atoms with van der Waals surface area (Å²) in [6, 6.07) is -0.0950. The standard InChI is InChI=1S/C18H27N3O4/c1-17(2,3)25-16(23)21-12-8-11(18(12,4)5)20-15(22)14-13(10-6-7-10)19-9-24-14/h9-12H,6-8H2,1-5H3,(H,20,22)(H,21,23). The van der Waals surface area contributed by atoms with Crippen LogP contribution in [0.25, 0.3) is 0 Å². The molecule has 2 unspecified atom stereocenters. The Morgan fingerprint density at radius 2 is 1.88 bits per heavy atom. The van der Waals surface area contributed by atoms with Gasteiger partial charge < -0.3 is 19.8 Å². The van der Waals surface area contributed by atoms with Gasteiger partial charge in [-0.25, -0.2) is 9.78 Å². The molecule has 2 amide bonds. The first-order chi connectivity index (χ1) is 11.6. The maximum absolute atomic E-state index is 12.5. The summed E-state index contributed by atoms with van der Waals surface area (Å²) < 4.78 is 10.6. The van der Waals surface area contributed by atoms with Crippen LogP contribution in [0.3, 0.4) is 0 Å². The zero-order valence-corrected chi connectivity index (χ0v) is 15.5. The molecular formula is C18H27N3O4. The highest BCUT2D eigenvalue weighted by molar-refractivity contribution is 5.93. The summed E-state index contributed by atoms with van der Waals surface area (Å²) in [5.41, 5.74) is -0.0401. The molecule has 2 atom stereocenters. The van der Waals surface area contributed by atoms with Gasteiger partial charge in [0.1, 0.15) is 5.60 Å². The molecule has 1 aromatic heterocycles. The lowest BCUT2D eigenvalue weighted by Crippen LogP contribution is -2.66. The van der Waals surface area contributed by atoms with Crippen LogP contribution in [-0.4, -0.2) is 34.7 Å². The van der Waals surface area contributed by atoms with Crippen molar-refractivity contribution in [3.63, 3.8) is 0 Å². The molecule has 0 spiro atoms. The Morgan fingerprint density at radius 3 is 2.44 bits per heavy atom. The number of aromatic nitrogens is 1. The zero-order valence-electron chi connectivity index (χ0n) is 15.5. The first-order valence-electron chi connectivity index (χ1n) is 8.81. The van der Waals surface area contributed by atoms with Crippen LogP contribution in [0.5, 0.6) is 0 Å². The molecule has 2 fully saturated rings. The first kappa shape index (κ1) is 17.8. The number of ether oxygens (including phenoxy) is 1. The van der Waals surface area contributed by atoms with Gasteiger partial charge in [-0.1, -0.05) is 13.8 Å². The minimum Gasteiger partial charge on any atom is -0.444 e. The Morgan fingerprint density at radius 1 is 1.24 bits per heavy atom. The molecular weight excluding hydrogens is 322 g/mol. The van der Waals surface area contributed by atoms with Crippen LogP contribution in [0.15, 0.2) is 10.8 Å². The van der Waals surface area contributed by atoms with Crippen LogP contribution in [0.1, 0.15) is 76.0 Å². The Balaban J connectivity index is 1.55. The number of nitrogens with one attached hydrogen (secondary N) is 2. The van der Waals surface area contributed by atoms with E-state index in [9.17, 15) is 9.59 Å². The van der Waals surface area contributed by atoms with Gasteiger partial charge >= 0.3 is 6.09 Å². The first-order valence-corrected chi connectivity index (χ1v) is 8.81. The predicted molar refractivity (Wildman–Crippen MR) is 91.3 cm³/mol. The smallest absolute Gasteiger partial charge is 0.407 e. The Bertz CT molecular complexity index is 670. The molecule has 2 saturated carbocycles. The normalized spacial score (nSPS) is 25.0. The third-order valence-electron chi connectivity index (χ3n) is 5.03. The van der Waals surface area contributed by atoms with Crippen molar-refractivity contribution < 1.29 is 18.7 Å². The third-order valence-corrected chi connectivity index (χ3v) is 5.03. The van der Waals surface area contributed by atoms with E-state index in [1.54, 1.807) is 0 Å². The number of hydrogen-bond acceptors (Lipinski definition) is 5. The monoisotopic (exact) mass is 349 g/mol. The fraction of sp³-hybridized carbons (Fsp3) is 0.722. The number of hydrogen-bond donors (Lipinski definition) is 2. The van der Waals surface area contributed by atoms with Crippen molar-refractivity contribution in [2.45, 2.75) is 77.5 Å². The van der Waals surface area contributed by atoms with Crippen molar-refractivity contribution in [2.75, 3.05) is 0 Å². The summed E-state index contributed by atoms with van der Waals surface area (Å²) in [7, 11) is 0. The van der Waals surface area contributed by atoms with Crippen molar-refractivity contribution in [3.8, 4) is 0 Å². The van der Waals surface area contributed by atoms with Crippen molar-refractivity contribution >= 4 is 12.0 Å². The summed E-state index contributed by atoms with van der Waals surface area (Å²) in [6.45, 7) is 9.53. The Kier molecular flexibility index (Phi) is 4.29. The van der Waals surface area contributed by atoms with E-state index in [2.05, 4.69) is 15.6 Å². The molecule has 2 aliphatic rings. The summed E-state index contributed by atoms with van der Waals surface area (Å²) in [5.74, 6) is 0.450. The van der Waals surface area contributed by atoms with Crippen molar-refractivity contribution in [1.29, 1.82) is 0 Å². The van der Waals surface area contributed by atoms with E-state index in [1.807, 2.05) is 34.6 Å². The van der Waals surface area contributed by atoms with E-state index in [4.69, 9.17) is 9.15 Å². The number of carbonyl (C=O) groups is 2. The number of amides is 2. The summed E-state index contributed by atoms with van der Waals surface area (Å²) in [6.07, 6.45) is 3.68. The van der Waals surface area contributed by atoms with Crippen LogP contribution >= 0.6 is 0 Å². The molecule has 1 aromatic rings. The molecule has 2 N–H and O–H groups in total. The van der Waals surface area contributed by atoms with E-state index < -0.39 is 11.7 Å². The minimum absolute atomic E-state index is 0.0444. The summed E-state index contributed by atoms with van der Waals surface area (Å²) >= 11 is 0. The van der Waals surface area contributed by atoms with Crippen molar-refractivity contribution in [3.05, 3.63) is 17.8 Å². The number of nitrogens with zero attached hydrogens (tertiary/aromatic N) is 1. The fourth-order valence-corrected chi connectivity index (χ4v) is 3.16. The van der Waals surface area contributed by atoms with Gasteiger partial charge in [0.25, 0.3) is 5.91 Å². The van der Waals surface area contributed by atoms with Crippen LogP contribution in [0, 0.1) is 5.41 Å². The molecule has 0 saturated heterocycles. The summed E-state index contributed by atoms with van der Waals surface area (Å²) in [4.78, 5) is 28.6. The van der Waals surface area contributed by atoms with Gasteiger partial charge in [-0.15, -0.1) is 0 Å². The van der Waals surface area contributed by atoms with Crippen molar-refractivity contribution in [1.82, 2.24) is 15.6 Å². The quantitative estimate of drug-likeness (QED) is 0.871. The van der Waals surface area contributed by atoms with Crippen LogP contribution < -0.4 is 10.6 Å². The van der Waals surface area contributed by atoms with E-state index >= 15 is 0 Å². The van der Waals surface area contributed by atoms with Gasteiger partial charge in [0.15, 0.2) is 6.39 Å². The van der Waals surface area contributed by atoms with Crippen LogP contribution in [0.2, 0.25) is 0 Å². The average Bonchev–Trinajstić information content (AvgIpc) is 3.21. The zero-order chi connectivity index (χ0) is 18.4. The van der Waals surface area contributed by atoms with Gasteiger partial charge in [0.05, 0.1) is 5.69 Å². The van der Waals surface area contributed by atoms with Gasteiger partial charge in [0, 0.05) is 23.4 Å². The number of carbonyl (C=O) groups excluding carboxylic acids is 2. The van der Waals surface area contributed by atoms with E-state index in [1.165, 1.54) is 6.39 Å². The van der Waals surface area contributed by atoms with Gasteiger partial charge in [-0.05, 0) is 40.0 Å². The molecule has 25 heavy (non-hydrogen) atoms. The van der Waals surface area contributed by atoms with Gasteiger partial charge in [-0.3, -0.25) is 4.79 Å². The Hall–Kier alpha value is -2.05. The predicted octanol–water partition coefficient (Wildman–Crippen LogP) is 2.97. The summed E-state index contributed by atoms with van der Waals surface area (Å²) in [5, 5.41) is 5.91. The highest BCUT2D eigenvalue weighted by Crippen LogP contribution is 2.42. The molecule has 0 aliphatic heterocycles. The Labute approximate surface area is 147 Å². The van der Waals surface area contributed by atoms with E-state index in [-0.39, 0.29) is 23.4 Å².